The molecular formula is C12H20ClN3. The maximum absolute atomic E-state index is 2.33. The fraction of sp³-hybridized carbons (Fsp3) is 0.333. The number of halogens is 1. The van der Waals surface area contributed by atoms with Crippen LogP contribution >= 0.6 is 12.4 Å². The zero-order valence-corrected chi connectivity index (χ0v) is 10.7. The highest BCUT2D eigenvalue weighted by Crippen LogP contribution is 2.16. The Kier molecular flexibility index (Phi) is 5.93. The van der Waals surface area contributed by atoms with Crippen LogP contribution in [0.4, 0.5) is 0 Å². The average molecular weight is 242 g/mol. The molecule has 1 aliphatic rings. The van der Waals surface area contributed by atoms with Crippen LogP contribution in [0.25, 0.3) is 0 Å². The van der Waals surface area contributed by atoms with E-state index >= 15 is 0 Å². The van der Waals surface area contributed by atoms with Crippen LogP contribution in [-0.4, -0.2) is 23.0 Å². The van der Waals surface area contributed by atoms with Crippen molar-refractivity contribution in [3.63, 3.8) is 0 Å². The monoisotopic (exact) mass is 241 g/mol. The van der Waals surface area contributed by atoms with Crippen molar-refractivity contribution in [2.24, 2.45) is 0 Å². The van der Waals surface area contributed by atoms with E-state index in [9.17, 15) is 0 Å². The van der Waals surface area contributed by atoms with Gasteiger partial charge in [0.15, 0.2) is 0 Å². The van der Waals surface area contributed by atoms with Gasteiger partial charge < -0.3 is 16.0 Å². The first kappa shape index (κ1) is 14.8. The van der Waals surface area contributed by atoms with E-state index in [2.05, 4.69) is 66.5 Å². The molecule has 3 N–H and O–H groups in total. The first-order valence-electron chi connectivity index (χ1n) is 4.97. The van der Waals surface area contributed by atoms with Gasteiger partial charge in [-0.1, -0.05) is 30.3 Å². The molecule has 0 saturated heterocycles. The van der Waals surface area contributed by atoms with E-state index in [1.165, 1.54) is 5.56 Å². The van der Waals surface area contributed by atoms with Crippen LogP contribution in [-0.2, 0) is 6.54 Å². The van der Waals surface area contributed by atoms with Crippen LogP contribution in [0.15, 0.2) is 42.7 Å². The summed E-state index contributed by atoms with van der Waals surface area (Å²) in [7, 11) is 2.10. The second-order valence-electron chi connectivity index (χ2n) is 3.75. The van der Waals surface area contributed by atoms with E-state index in [0.717, 1.165) is 6.54 Å². The summed E-state index contributed by atoms with van der Waals surface area (Å²) in [6, 6.07) is 10.6. The lowest BCUT2D eigenvalue weighted by Crippen LogP contribution is -2.32. The molecule has 0 spiro atoms. The second kappa shape index (κ2) is 6.40. The molecule has 0 aliphatic carbocycles. The minimum atomic E-state index is 0. The summed E-state index contributed by atoms with van der Waals surface area (Å²) >= 11 is 0. The summed E-state index contributed by atoms with van der Waals surface area (Å²) < 4.78 is 0. The summed E-state index contributed by atoms with van der Waals surface area (Å²) in [6.45, 7) is 3.20. The third kappa shape index (κ3) is 3.15. The van der Waals surface area contributed by atoms with Crippen molar-refractivity contribution in [2.75, 3.05) is 7.05 Å². The van der Waals surface area contributed by atoms with Crippen molar-refractivity contribution in [1.29, 1.82) is 0 Å². The maximum atomic E-state index is 2.33. The highest BCUT2D eigenvalue weighted by atomic mass is 35.5. The van der Waals surface area contributed by atoms with Crippen molar-refractivity contribution >= 4 is 12.4 Å². The SMILES string of the molecule is CC1N(C)C=CN1Cc1ccccc1.Cl.N. The summed E-state index contributed by atoms with van der Waals surface area (Å²) in [6.07, 6.45) is 4.74. The van der Waals surface area contributed by atoms with Gasteiger partial charge >= 0.3 is 0 Å². The average Bonchev–Trinajstić information content (AvgIpc) is 2.52. The fourth-order valence-corrected chi connectivity index (χ4v) is 1.65. The number of hydrogen-bond acceptors (Lipinski definition) is 3. The molecule has 0 fully saturated rings. The van der Waals surface area contributed by atoms with E-state index in [1.54, 1.807) is 0 Å². The van der Waals surface area contributed by atoms with Crippen LogP contribution in [0.5, 0.6) is 0 Å². The van der Waals surface area contributed by atoms with Crippen LogP contribution in [0.1, 0.15) is 12.5 Å². The Bertz CT molecular complexity index is 326. The largest absolute Gasteiger partial charge is 0.359 e. The summed E-state index contributed by atoms with van der Waals surface area (Å²) in [5, 5.41) is 0. The van der Waals surface area contributed by atoms with Crippen molar-refractivity contribution in [2.45, 2.75) is 19.6 Å². The smallest absolute Gasteiger partial charge is 0.0978 e. The first-order chi connectivity index (χ1) is 6.77. The summed E-state index contributed by atoms with van der Waals surface area (Å²) in [4.78, 5) is 4.54. The van der Waals surface area contributed by atoms with Gasteiger partial charge in [-0.2, -0.15) is 0 Å². The van der Waals surface area contributed by atoms with Crippen LogP contribution in [0, 0.1) is 0 Å². The molecule has 2 rings (SSSR count). The number of nitrogens with zero attached hydrogens (tertiary/aromatic N) is 2. The van der Waals surface area contributed by atoms with Gasteiger partial charge in [0.2, 0.25) is 0 Å². The molecule has 90 valence electrons. The van der Waals surface area contributed by atoms with Gasteiger partial charge in [-0.15, -0.1) is 12.4 Å². The molecule has 0 radical (unpaired) electrons. The van der Waals surface area contributed by atoms with Gasteiger partial charge in [-0.25, -0.2) is 0 Å². The minimum absolute atomic E-state index is 0. The molecule has 1 heterocycles. The lowest BCUT2D eigenvalue weighted by atomic mass is 10.2. The molecule has 0 saturated carbocycles. The lowest BCUT2D eigenvalue weighted by Gasteiger charge is -2.27. The molecule has 0 amide bonds. The molecule has 1 aliphatic heterocycles. The zero-order chi connectivity index (χ0) is 9.97. The van der Waals surface area contributed by atoms with Gasteiger partial charge in [-0.05, 0) is 12.5 Å². The van der Waals surface area contributed by atoms with E-state index in [1.807, 2.05) is 0 Å². The van der Waals surface area contributed by atoms with Gasteiger partial charge in [0.1, 0.15) is 0 Å². The van der Waals surface area contributed by atoms with Gasteiger partial charge in [0, 0.05) is 26.0 Å². The number of rotatable bonds is 2. The Morgan fingerprint density at radius 2 is 1.75 bits per heavy atom. The first-order valence-corrected chi connectivity index (χ1v) is 4.97. The third-order valence-corrected chi connectivity index (χ3v) is 2.77. The van der Waals surface area contributed by atoms with Gasteiger partial charge in [-0.3, -0.25) is 0 Å². The predicted octanol–water partition coefficient (Wildman–Crippen LogP) is 2.84. The molecule has 1 atom stereocenters. The molecule has 1 unspecified atom stereocenters. The van der Waals surface area contributed by atoms with Crippen molar-refractivity contribution in [3.05, 3.63) is 48.3 Å². The lowest BCUT2D eigenvalue weighted by molar-refractivity contribution is 0.189. The standard InChI is InChI=1S/C12H16N2.ClH.H3N/c1-11-13(2)8-9-14(11)10-12-6-4-3-5-7-12;;/h3-9,11H,10H2,1-2H3;1H;1H3. The number of benzene rings is 1. The third-order valence-electron chi connectivity index (χ3n) is 2.77. The Hall–Kier alpha value is -1.19. The van der Waals surface area contributed by atoms with Crippen molar-refractivity contribution in [1.82, 2.24) is 16.0 Å². The molecule has 0 bridgehead atoms. The Morgan fingerprint density at radius 3 is 2.25 bits per heavy atom. The molecule has 4 heteroatoms. The normalized spacial score (nSPS) is 18.0. The van der Waals surface area contributed by atoms with Crippen LogP contribution in [0.2, 0.25) is 0 Å². The topological polar surface area (TPSA) is 41.5 Å². The van der Waals surface area contributed by atoms with Crippen LogP contribution < -0.4 is 6.15 Å². The maximum Gasteiger partial charge on any atom is 0.0978 e. The van der Waals surface area contributed by atoms with Gasteiger partial charge in [0.05, 0.1) is 6.17 Å². The van der Waals surface area contributed by atoms with E-state index < -0.39 is 0 Å². The van der Waals surface area contributed by atoms with E-state index in [4.69, 9.17) is 0 Å². The highest BCUT2D eigenvalue weighted by Gasteiger charge is 2.17. The summed E-state index contributed by atoms with van der Waals surface area (Å²) in [5.74, 6) is 0. The number of hydrogen-bond donors (Lipinski definition) is 1. The molecular weight excluding hydrogens is 222 g/mol. The summed E-state index contributed by atoms with van der Waals surface area (Å²) in [5.41, 5.74) is 1.36. The Balaban J connectivity index is 0.00000112. The fourth-order valence-electron chi connectivity index (χ4n) is 1.65. The Morgan fingerprint density at radius 1 is 1.12 bits per heavy atom. The highest BCUT2D eigenvalue weighted by molar-refractivity contribution is 5.85. The van der Waals surface area contributed by atoms with Gasteiger partial charge in [0.25, 0.3) is 0 Å². The molecule has 1 aromatic carbocycles. The van der Waals surface area contributed by atoms with Crippen molar-refractivity contribution in [3.8, 4) is 0 Å². The Labute approximate surface area is 104 Å². The van der Waals surface area contributed by atoms with E-state index in [0.29, 0.717) is 6.17 Å². The predicted molar refractivity (Wildman–Crippen MR) is 70.6 cm³/mol. The zero-order valence-electron chi connectivity index (χ0n) is 9.84. The molecule has 1 aromatic rings. The second-order valence-corrected chi connectivity index (χ2v) is 3.75. The van der Waals surface area contributed by atoms with E-state index in [-0.39, 0.29) is 18.6 Å². The van der Waals surface area contributed by atoms with Crippen LogP contribution in [0.3, 0.4) is 0 Å². The minimum Gasteiger partial charge on any atom is -0.359 e. The molecule has 16 heavy (non-hydrogen) atoms. The molecule has 3 nitrogen and oxygen atoms in total. The molecule has 0 aromatic heterocycles. The van der Waals surface area contributed by atoms with Crippen molar-refractivity contribution < 1.29 is 0 Å². The quantitative estimate of drug-likeness (QED) is 0.866.